The number of fused-ring (bicyclic) bond motifs is 1. The third-order valence-corrected chi connectivity index (χ3v) is 10.2. The molecular weight excluding hydrogens is 461 g/mol. The van der Waals surface area contributed by atoms with Crippen molar-refractivity contribution in [2.75, 3.05) is 24.6 Å². The van der Waals surface area contributed by atoms with Gasteiger partial charge in [0.1, 0.15) is 5.82 Å². The molecule has 0 N–H and O–H groups in total. The highest BCUT2D eigenvalue weighted by Crippen LogP contribution is 2.64. The number of alkyl halides is 3. The van der Waals surface area contributed by atoms with Crippen LogP contribution in [0, 0.1) is 17.3 Å². The van der Waals surface area contributed by atoms with Gasteiger partial charge >= 0.3 is 6.18 Å². The highest BCUT2D eigenvalue weighted by molar-refractivity contribution is 7.86. The van der Waals surface area contributed by atoms with Crippen LogP contribution in [-0.4, -0.2) is 54.5 Å². The Balaban J connectivity index is 1.21. The summed E-state index contributed by atoms with van der Waals surface area (Å²) in [6.45, 7) is 8.39. The van der Waals surface area contributed by atoms with Gasteiger partial charge in [-0.25, -0.2) is 9.67 Å². The van der Waals surface area contributed by atoms with Crippen LogP contribution in [0.15, 0.2) is 24.3 Å². The summed E-state index contributed by atoms with van der Waals surface area (Å²) in [5.74, 6) is 4.50. The third kappa shape index (κ3) is 3.74. The van der Waals surface area contributed by atoms with Gasteiger partial charge in [-0.3, -0.25) is 9.11 Å². The van der Waals surface area contributed by atoms with Gasteiger partial charge in [-0.2, -0.15) is 18.3 Å². The van der Waals surface area contributed by atoms with Crippen LogP contribution in [0.25, 0.3) is 11.4 Å². The lowest BCUT2D eigenvalue weighted by Gasteiger charge is -2.38. The molecule has 0 radical (unpaired) electrons. The second-order valence-electron chi connectivity index (χ2n) is 11.9. The van der Waals surface area contributed by atoms with Crippen LogP contribution in [0.4, 0.5) is 13.2 Å². The Morgan fingerprint density at radius 2 is 1.82 bits per heavy atom. The van der Waals surface area contributed by atoms with Crippen molar-refractivity contribution in [1.82, 2.24) is 19.7 Å². The predicted octanol–water partition coefficient (Wildman–Crippen LogP) is 4.67. The van der Waals surface area contributed by atoms with Crippen molar-refractivity contribution in [2.45, 2.75) is 63.7 Å². The molecule has 3 heterocycles. The van der Waals surface area contributed by atoms with Crippen molar-refractivity contribution in [3.05, 3.63) is 35.7 Å². The summed E-state index contributed by atoms with van der Waals surface area (Å²) in [5, 5.41) is 4.70. The number of hydrogen-bond acceptors (Lipinski definition) is 4. The van der Waals surface area contributed by atoms with Crippen molar-refractivity contribution in [3.63, 3.8) is 0 Å². The average molecular weight is 493 g/mol. The van der Waals surface area contributed by atoms with Gasteiger partial charge < -0.3 is 0 Å². The normalized spacial score (nSPS) is 35.5. The number of nitrogens with zero attached hydrogens (tertiary/aromatic N) is 4. The van der Waals surface area contributed by atoms with Gasteiger partial charge in [0.25, 0.3) is 0 Å². The Labute approximate surface area is 200 Å². The molecular formula is C25H31F3N4OS. The fourth-order valence-corrected chi connectivity index (χ4v) is 8.39. The van der Waals surface area contributed by atoms with Gasteiger partial charge in [0, 0.05) is 51.8 Å². The molecule has 3 unspecified atom stereocenters. The van der Waals surface area contributed by atoms with Crippen LogP contribution in [0.2, 0.25) is 0 Å². The van der Waals surface area contributed by atoms with Crippen molar-refractivity contribution >= 4 is 10.8 Å². The van der Waals surface area contributed by atoms with E-state index in [-0.39, 0.29) is 5.54 Å². The summed E-state index contributed by atoms with van der Waals surface area (Å²) >= 11 is 0. The number of rotatable bonds is 3. The highest BCUT2D eigenvalue weighted by Gasteiger charge is 2.61. The molecule has 5 nitrogen and oxygen atoms in total. The maximum Gasteiger partial charge on any atom is 0.416 e. The molecule has 2 saturated carbocycles. The maximum absolute atomic E-state index is 13.2. The SMILES string of the molecule is CC(C)(C)n1nc(-c2cccc(C(F)(F)F)c2)nc1C1C2CC(N3CCC4(C3)CS(=O)C4)C[C@@H]21. The smallest absolute Gasteiger partial charge is 0.300 e. The second-order valence-corrected chi connectivity index (χ2v) is 13.3. The van der Waals surface area contributed by atoms with E-state index in [1.54, 1.807) is 6.07 Å². The summed E-state index contributed by atoms with van der Waals surface area (Å²) in [6, 6.07) is 5.90. The molecule has 6 rings (SSSR count). The van der Waals surface area contributed by atoms with Crippen molar-refractivity contribution in [2.24, 2.45) is 17.3 Å². The zero-order valence-electron chi connectivity index (χ0n) is 19.8. The number of aromatic nitrogens is 3. The zero-order valence-corrected chi connectivity index (χ0v) is 20.6. The van der Waals surface area contributed by atoms with E-state index in [4.69, 9.17) is 10.1 Å². The van der Waals surface area contributed by atoms with Crippen molar-refractivity contribution in [3.8, 4) is 11.4 Å². The molecule has 2 aliphatic heterocycles. The van der Waals surface area contributed by atoms with E-state index < -0.39 is 22.5 Å². The van der Waals surface area contributed by atoms with E-state index in [1.165, 1.54) is 12.5 Å². The Bertz CT molecular complexity index is 1130. The number of likely N-dealkylation sites (tertiary alicyclic amines) is 1. The summed E-state index contributed by atoms with van der Waals surface area (Å²) in [5.41, 5.74) is -0.269. The summed E-state index contributed by atoms with van der Waals surface area (Å²) in [4.78, 5) is 7.46. The molecule has 4 aliphatic rings. The molecule has 4 atom stereocenters. The highest BCUT2D eigenvalue weighted by atomic mass is 32.2. The molecule has 9 heteroatoms. The molecule has 184 valence electrons. The zero-order chi connectivity index (χ0) is 24.0. The molecule has 2 aromatic rings. The molecule has 2 saturated heterocycles. The van der Waals surface area contributed by atoms with Crippen LogP contribution < -0.4 is 0 Å². The lowest BCUT2D eigenvalue weighted by molar-refractivity contribution is -0.137. The lowest BCUT2D eigenvalue weighted by Crippen LogP contribution is -2.47. The first-order valence-electron chi connectivity index (χ1n) is 12.2. The van der Waals surface area contributed by atoms with Gasteiger partial charge in [-0.1, -0.05) is 12.1 Å². The molecule has 4 fully saturated rings. The largest absolute Gasteiger partial charge is 0.416 e. The Morgan fingerprint density at radius 1 is 1.12 bits per heavy atom. The minimum Gasteiger partial charge on any atom is -0.300 e. The first-order valence-corrected chi connectivity index (χ1v) is 13.7. The van der Waals surface area contributed by atoms with Crippen LogP contribution in [0.1, 0.15) is 57.3 Å². The fourth-order valence-electron chi connectivity index (χ4n) is 6.64. The molecule has 0 bridgehead atoms. The first-order chi connectivity index (χ1) is 15.9. The van der Waals surface area contributed by atoms with Crippen molar-refractivity contribution in [1.29, 1.82) is 0 Å². The fraction of sp³-hybridized carbons (Fsp3) is 0.680. The maximum atomic E-state index is 13.2. The number of benzene rings is 1. The molecule has 1 spiro atoms. The van der Waals surface area contributed by atoms with Gasteiger partial charge in [0.2, 0.25) is 0 Å². The number of hydrogen-bond donors (Lipinski definition) is 0. The number of halogens is 3. The summed E-state index contributed by atoms with van der Waals surface area (Å²) in [6.07, 6.45) is -0.932. The van der Waals surface area contributed by atoms with Crippen LogP contribution >= 0.6 is 0 Å². The topological polar surface area (TPSA) is 51.0 Å². The van der Waals surface area contributed by atoms with Gasteiger partial charge in [-0.15, -0.1) is 0 Å². The van der Waals surface area contributed by atoms with Gasteiger partial charge in [-0.05, 0) is 70.5 Å². The molecule has 0 amide bonds. The average Bonchev–Trinajstić information content (AvgIpc) is 3.20. The third-order valence-electron chi connectivity index (χ3n) is 8.35. The molecule has 34 heavy (non-hydrogen) atoms. The monoisotopic (exact) mass is 492 g/mol. The summed E-state index contributed by atoms with van der Waals surface area (Å²) in [7, 11) is -0.605. The summed E-state index contributed by atoms with van der Waals surface area (Å²) < 4.78 is 53.3. The van der Waals surface area contributed by atoms with Gasteiger partial charge in [0.15, 0.2) is 5.82 Å². The Morgan fingerprint density at radius 3 is 2.44 bits per heavy atom. The van der Waals surface area contributed by atoms with Crippen LogP contribution in [-0.2, 0) is 22.5 Å². The lowest BCUT2D eigenvalue weighted by atomic mass is 9.91. The van der Waals surface area contributed by atoms with Crippen LogP contribution in [0.5, 0.6) is 0 Å². The minimum absolute atomic E-state index is 0.306. The Hall–Kier alpha value is -1.74. The van der Waals surface area contributed by atoms with E-state index in [2.05, 4.69) is 25.7 Å². The first kappa shape index (κ1) is 22.7. The van der Waals surface area contributed by atoms with E-state index >= 15 is 0 Å². The van der Waals surface area contributed by atoms with E-state index in [0.717, 1.165) is 55.4 Å². The molecule has 1 aromatic carbocycles. The predicted molar refractivity (Wildman–Crippen MR) is 125 cm³/mol. The standard InChI is InChI=1S/C25H31F3N4OS/c1-23(2,3)32-22(29-21(30-32)15-5-4-6-16(9-15)25(26,27)28)20-18-10-17(11-19(18)20)31-8-7-24(12-31)13-34(33)14-24/h4-6,9,17-20H,7-8,10-14H2,1-3H3/t17?,18-,19?,20?,24?,34?/m0/s1. The van der Waals surface area contributed by atoms with Crippen LogP contribution in [0.3, 0.4) is 0 Å². The van der Waals surface area contributed by atoms with E-state index in [9.17, 15) is 17.4 Å². The quantitative estimate of drug-likeness (QED) is 0.625. The van der Waals surface area contributed by atoms with Crippen molar-refractivity contribution < 1.29 is 17.4 Å². The Kier molecular flexibility index (Phi) is 4.93. The van der Waals surface area contributed by atoms with E-state index in [1.807, 2.05) is 4.68 Å². The molecule has 2 aliphatic carbocycles. The minimum atomic E-state index is -4.39. The second kappa shape index (κ2) is 7.38. The van der Waals surface area contributed by atoms with Gasteiger partial charge in [0.05, 0.1) is 11.1 Å². The molecule has 1 aromatic heterocycles. The van der Waals surface area contributed by atoms with E-state index in [0.29, 0.717) is 40.6 Å².